The van der Waals surface area contributed by atoms with E-state index in [1.165, 1.54) is 0 Å². The van der Waals surface area contributed by atoms with Gasteiger partial charge < -0.3 is 25.9 Å². The molecule has 0 aliphatic heterocycles. The zero-order valence-electron chi connectivity index (χ0n) is 11.2. The number of aliphatic hydroxyl groups is 1. The number of carbonyl (C=O) groups is 1. The van der Waals surface area contributed by atoms with Crippen molar-refractivity contribution in [2.24, 2.45) is 0 Å². The molecule has 0 bridgehead atoms. The maximum atomic E-state index is 11.9. The Hall–Kier alpha value is -2.05. The average molecular weight is 277 g/mol. The van der Waals surface area contributed by atoms with E-state index >= 15 is 0 Å². The lowest BCUT2D eigenvalue weighted by Crippen LogP contribution is -2.25. The number of fused-ring (bicyclic) bond motifs is 1. The first-order valence-electron chi connectivity index (χ1n) is 6.56. The van der Waals surface area contributed by atoms with Gasteiger partial charge in [-0.1, -0.05) is 0 Å². The molecule has 1 aromatic heterocycles. The van der Waals surface area contributed by atoms with Gasteiger partial charge in [0, 0.05) is 29.7 Å². The minimum absolute atomic E-state index is 0.0184. The van der Waals surface area contributed by atoms with Gasteiger partial charge in [0.2, 0.25) is 0 Å². The van der Waals surface area contributed by atoms with Crippen LogP contribution in [-0.2, 0) is 4.74 Å². The van der Waals surface area contributed by atoms with Gasteiger partial charge in [-0.25, -0.2) is 0 Å². The number of H-pyrrole nitrogens is 1. The summed E-state index contributed by atoms with van der Waals surface area (Å²) in [6.07, 6.45) is 0.707. The fourth-order valence-corrected chi connectivity index (χ4v) is 1.91. The largest absolute Gasteiger partial charge is 0.399 e. The third-order valence-corrected chi connectivity index (χ3v) is 2.88. The topological polar surface area (TPSA) is 100 Å². The fourth-order valence-electron chi connectivity index (χ4n) is 1.91. The lowest BCUT2D eigenvalue weighted by atomic mass is 10.2. The Balaban J connectivity index is 1.85. The van der Waals surface area contributed by atoms with Crippen LogP contribution in [0.25, 0.3) is 10.9 Å². The van der Waals surface area contributed by atoms with Crippen LogP contribution in [0.4, 0.5) is 5.69 Å². The number of aromatic nitrogens is 1. The van der Waals surface area contributed by atoms with Gasteiger partial charge in [0.25, 0.3) is 5.91 Å². The number of nitrogen functional groups attached to an aromatic ring is 1. The van der Waals surface area contributed by atoms with Crippen molar-refractivity contribution in [3.8, 4) is 0 Å². The molecule has 0 atom stereocenters. The molecule has 6 nitrogen and oxygen atoms in total. The lowest BCUT2D eigenvalue weighted by molar-refractivity contribution is 0.0866. The minimum atomic E-state index is -0.151. The third-order valence-electron chi connectivity index (χ3n) is 2.88. The summed E-state index contributed by atoms with van der Waals surface area (Å²) in [5.74, 6) is -0.151. The van der Waals surface area contributed by atoms with Crippen molar-refractivity contribution in [3.63, 3.8) is 0 Å². The van der Waals surface area contributed by atoms with E-state index in [0.717, 1.165) is 10.9 Å². The molecule has 2 aromatic rings. The molecule has 108 valence electrons. The van der Waals surface area contributed by atoms with Gasteiger partial charge in [-0.05, 0) is 30.7 Å². The Morgan fingerprint density at radius 1 is 1.35 bits per heavy atom. The highest BCUT2D eigenvalue weighted by molar-refractivity contribution is 5.98. The summed E-state index contributed by atoms with van der Waals surface area (Å²) >= 11 is 0. The molecule has 0 spiro atoms. The number of aromatic amines is 1. The van der Waals surface area contributed by atoms with Crippen LogP contribution in [0.1, 0.15) is 16.9 Å². The standard InChI is InChI=1S/C14H19N3O3/c15-11-2-3-12-10(8-11)9-13(17-12)14(19)16-4-1-6-20-7-5-18/h2-3,8-9,17-18H,1,4-7,15H2,(H,16,19). The number of amides is 1. The Morgan fingerprint density at radius 2 is 2.20 bits per heavy atom. The molecule has 0 aliphatic carbocycles. The highest BCUT2D eigenvalue weighted by atomic mass is 16.5. The van der Waals surface area contributed by atoms with E-state index in [2.05, 4.69) is 10.3 Å². The van der Waals surface area contributed by atoms with Crippen molar-refractivity contribution in [2.45, 2.75) is 6.42 Å². The molecule has 0 saturated carbocycles. The molecule has 20 heavy (non-hydrogen) atoms. The minimum Gasteiger partial charge on any atom is -0.399 e. The van der Waals surface area contributed by atoms with Crippen LogP contribution in [0.3, 0.4) is 0 Å². The summed E-state index contributed by atoms with van der Waals surface area (Å²) in [6.45, 7) is 1.40. The zero-order chi connectivity index (χ0) is 14.4. The van der Waals surface area contributed by atoms with Crippen LogP contribution in [0.15, 0.2) is 24.3 Å². The molecule has 2 rings (SSSR count). The van der Waals surface area contributed by atoms with E-state index in [0.29, 0.717) is 37.6 Å². The van der Waals surface area contributed by atoms with E-state index < -0.39 is 0 Å². The number of anilines is 1. The molecule has 0 fully saturated rings. The van der Waals surface area contributed by atoms with E-state index in [1.807, 2.05) is 12.1 Å². The van der Waals surface area contributed by atoms with Crippen molar-refractivity contribution in [2.75, 3.05) is 32.1 Å². The SMILES string of the molecule is Nc1ccc2[nH]c(C(=O)NCCCOCCO)cc2c1. The number of hydrogen-bond acceptors (Lipinski definition) is 4. The highest BCUT2D eigenvalue weighted by Gasteiger charge is 2.08. The summed E-state index contributed by atoms with van der Waals surface area (Å²) in [4.78, 5) is 15.0. The molecule has 0 unspecified atom stereocenters. The number of nitrogens with two attached hydrogens (primary N) is 1. The molecular formula is C14H19N3O3. The maximum Gasteiger partial charge on any atom is 0.267 e. The summed E-state index contributed by atoms with van der Waals surface area (Å²) < 4.78 is 5.11. The highest BCUT2D eigenvalue weighted by Crippen LogP contribution is 2.18. The van der Waals surface area contributed by atoms with Gasteiger partial charge in [0.1, 0.15) is 5.69 Å². The van der Waals surface area contributed by atoms with Crippen LogP contribution in [0, 0.1) is 0 Å². The zero-order valence-corrected chi connectivity index (χ0v) is 11.2. The molecule has 1 heterocycles. The summed E-state index contributed by atoms with van der Waals surface area (Å²) in [5.41, 5.74) is 7.77. The van der Waals surface area contributed by atoms with Gasteiger partial charge in [0.15, 0.2) is 0 Å². The second kappa shape index (κ2) is 6.93. The van der Waals surface area contributed by atoms with Crippen molar-refractivity contribution >= 4 is 22.5 Å². The Morgan fingerprint density at radius 3 is 3.00 bits per heavy atom. The summed E-state index contributed by atoms with van der Waals surface area (Å²) in [5, 5.41) is 12.3. The van der Waals surface area contributed by atoms with Gasteiger partial charge in [-0.2, -0.15) is 0 Å². The van der Waals surface area contributed by atoms with Gasteiger partial charge >= 0.3 is 0 Å². The Bertz CT molecular complexity index is 580. The van der Waals surface area contributed by atoms with Crippen molar-refractivity contribution in [1.82, 2.24) is 10.3 Å². The molecular weight excluding hydrogens is 258 g/mol. The number of rotatable bonds is 7. The van der Waals surface area contributed by atoms with E-state index in [4.69, 9.17) is 15.6 Å². The number of hydrogen-bond donors (Lipinski definition) is 4. The molecule has 0 saturated heterocycles. The third kappa shape index (κ3) is 3.72. The second-order valence-electron chi connectivity index (χ2n) is 4.48. The van der Waals surface area contributed by atoms with Crippen LogP contribution in [0.5, 0.6) is 0 Å². The van der Waals surface area contributed by atoms with Gasteiger partial charge in [-0.3, -0.25) is 4.79 Å². The summed E-state index contributed by atoms with van der Waals surface area (Å²) in [7, 11) is 0. The van der Waals surface area contributed by atoms with Crippen LogP contribution < -0.4 is 11.1 Å². The van der Waals surface area contributed by atoms with Gasteiger partial charge in [0.05, 0.1) is 13.2 Å². The van der Waals surface area contributed by atoms with E-state index in [-0.39, 0.29) is 12.5 Å². The van der Waals surface area contributed by atoms with E-state index in [9.17, 15) is 4.79 Å². The van der Waals surface area contributed by atoms with Crippen molar-refractivity contribution in [3.05, 3.63) is 30.0 Å². The first kappa shape index (κ1) is 14.4. The number of aliphatic hydroxyl groups excluding tert-OH is 1. The molecule has 6 heteroatoms. The predicted octanol–water partition coefficient (Wildman–Crippen LogP) is 0.879. The first-order chi connectivity index (χ1) is 9.70. The monoisotopic (exact) mass is 277 g/mol. The molecule has 1 amide bonds. The molecule has 0 radical (unpaired) electrons. The van der Waals surface area contributed by atoms with Crippen molar-refractivity contribution in [1.29, 1.82) is 0 Å². The molecule has 5 N–H and O–H groups in total. The molecule has 1 aromatic carbocycles. The van der Waals surface area contributed by atoms with Gasteiger partial charge in [-0.15, -0.1) is 0 Å². The number of nitrogens with one attached hydrogen (secondary N) is 2. The summed E-state index contributed by atoms with van der Waals surface area (Å²) in [6, 6.07) is 7.25. The van der Waals surface area contributed by atoms with Crippen LogP contribution in [-0.4, -0.2) is 42.4 Å². The van der Waals surface area contributed by atoms with Crippen LogP contribution >= 0.6 is 0 Å². The second-order valence-corrected chi connectivity index (χ2v) is 4.48. The quantitative estimate of drug-likeness (QED) is 0.446. The van der Waals surface area contributed by atoms with E-state index in [1.54, 1.807) is 12.1 Å². The lowest BCUT2D eigenvalue weighted by Gasteiger charge is -2.04. The Labute approximate surface area is 116 Å². The maximum absolute atomic E-state index is 11.9. The number of benzene rings is 1. The van der Waals surface area contributed by atoms with Crippen molar-refractivity contribution < 1.29 is 14.6 Å². The van der Waals surface area contributed by atoms with Crippen LogP contribution in [0.2, 0.25) is 0 Å². The average Bonchev–Trinajstić information content (AvgIpc) is 2.85. The smallest absolute Gasteiger partial charge is 0.267 e. The number of ether oxygens (including phenoxy) is 1. The predicted molar refractivity (Wildman–Crippen MR) is 77.6 cm³/mol. The normalized spacial score (nSPS) is 10.8. The Kier molecular flexibility index (Phi) is 4.97. The fraction of sp³-hybridized carbons (Fsp3) is 0.357. The number of carbonyl (C=O) groups excluding carboxylic acids is 1. The molecule has 0 aliphatic rings. The first-order valence-corrected chi connectivity index (χ1v) is 6.56.